The Morgan fingerprint density at radius 2 is 2.08 bits per heavy atom. The van der Waals surface area contributed by atoms with Crippen molar-refractivity contribution in [2.24, 2.45) is 0 Å². The second-order valence-electron chi connectivity index (χ2n) is 5.50. The summed E-state index contributed by atoms with van der Waals surface area (Å²) in [6.45, 7) is 1.22. The quantitative estimate of drug-likeness (QED) is 0.851. The fourth-order valence-corrected chi connectivity index (χ4v) is 2.88. The SMILES string of the molecule is COc1ccc(Cl)cc1C(=O)N1CCC(Oc2cnccn2)CC1. The number of carbonyl (C=O) groups is 1. The van der Waals surface area contributed by atoms with Crippen LogP contribution in [0.25, 0.3) is 0 Å². The fraction of sp³-hybridized carbons (Fsp3) is 0.353. The molecule has 1 aliphatic rings. The summed E-state index contributed by atoms with van der Waals surface area (Å²) in [7, 11) is 1.54. The molecule has 24 heavy (non-hydrogen) atoms. The lowest BCUT2D eigenvalue weighted by Gasteiger charge is -2.32. The molecule has 0 aliphatic carbocycles. The van der Waals surface area contributed by atoms with E-state index in [4.69, 9.17) is 21.1 Å². The fourth-order valence-electron chi connectivity index (χ4n) is 2.71. The highest BCUT2D eigenvalue weighted by molar-refractivity contribution is 6.31. The predicted octanol–water partition coefficient (Wildman–Crippen LogP) is 2.82. The Morgan fingerprint density at radius 1 is 1.29 bits per heavy atom. The average Bonchev–Trinajstić information content (AvgIpc) is 2.62. The van der Waals surface area contributed by atoms with Gasteiger partial charge in [-0.3, -0.25) is 9.78 Å². The molecule has 1 amide bonds. The number of aromatic nitrogens is 2. The third kappa shape index (κ3) is 3.76. The number of hydrogen-bond acceptors (Lipinski definition) is 5. The molecule has 0 saturated carbocycles. The second-order valence-corrected chi connectivity index (χ2v) is 5.93. The number of halogens is 1. The minimum atomic E-state index is -0.0766. The first-order valence-corrected chi connectivity index (χ1v) is 8.10. The predicted molar refractivity (Wildman–Crippen MR) is 89.6 cm³/mol. The van der Waals surface area contributed by atoms with E-state index in [9.17, 15) is 4.79 Å². The highest BCUT2D eigenvalue weighted by Gasteiger charge is 2.26. The Morgan fingerprint density at radius 3 is 2.75 bits per heavy atom. The number of rotatable bonds is 4. The Labute approximate surface area is 145 Å². The van der Waals surface area contributed by atoms with Gasteiger partial charge < -0.3 is 14.4 Å². The lowest BCUT2D eigenvalue weighted by Crippen LogP contribution is -2.42. The zero-order chi connectivity index (χ0) is 16.9. The molecule has 0 spiro atoms. The average molecular weight is 348 g/mol. The summed E-state index contributed by atoms with van der Waals surface area (Å²) in [5.41, 5.74) is 0.485. The molecule has 0 bridgehead atoms. The van der Waals surface area contributed by atoms with Crippen LogP contribution in [0, 0.1) is 0 Å². The van der Waals surface area contributed by atoms with Gasteiger partial charge in [0, 0.05) is 43.3 Å². The molecular formula is C17H18ClN3O3. The van der Waals surface area contributed by atoms with Crippen molar-refractivity contribution in [1.82, 2.24) is 14.9 Å². The van der Waals surface area contributed by atoms with Crippen molar-refractivity contribution in [3.05, 3.63) is 47.4 Å². The molecule has 2 aromatic rings. The number of amides is 1. The van der Waals surface area contributed by atoms with Crippen LogP contribution in [0.4, 0.5) is 0 Å². The molecule has 3 rings (SSSR count). The molecule has 1 aliphatic heterocycles. The number of carbonyl (C=O) groups excluding carboxylic acids is 1. The van der Waals surface area contributed by atoms with Crippen LogP contribution in [0.1, 0.15) is 23.2 Å². The van der Waals surface area contributed by atoms with E-state index >= 15 is 0 Å². The van der Waals surface area contributed by atoms with Gasteiger partial charge in [-0.05, 0) is 18.2 Å². The van der Waals surface area contributed by atoms with E-state index in [0.29, 0.717) is 35.3 Å². The number of piperidine rings is 1. The molecule has 1 saturated heterocycles. The van der Waals surface area contributed by atoms with Crippen LogP contribution in [0.5, 0.6) is 11.6 Å². The molecule has 2 heterocycles. The van der Waals surface area contributed by atoms with Gasteiger partial charge in [-0.15, -0.1) is 0 Å². The number of hydrogen-bond donors (Lipinski definition) is 0. The van der Waals surface area contributed by atoms with Crippen molar-refractivity contribution in [2.75, 3.05) is 20.2 Å². The highest BCUT2D eigenvalue weighted by atomic mass is 35.5. The van der Waals surface area contributed by atoms with Gasteiger partial charge in [0.1, 0.15) is 11.9 Å². The van der Waals surface area contributed by atoms with Crippen molar-refractivity contribution >= 4 is 17.5 Å². The lowest BCUT2D eigenvalue weighted by molar-refractivity contribution is 0.0584. The lowest BCUT2D eigenvalue weighted by atomic mass is 10.1. The molecule has 126 valence electrons. The first-order chi connectivity index (χ1) is 11.7. The second kappa shape index (κ2) is 7.49. The molecule has 0 N–H and O–H groups in total. The van der Waals surface area contributed by atoms with Crippen molar-refractivity contribution < 1.29 is 14.3 Å². The van der Waals surface area contributed by atoms with Gasteiger partial charge in [-0.2, -0.15) is 0 Å². The van der Waals surface area contributed by atoms with Crippen molar-refractivity contribution in [1.29, 1.82) is 0 Å². The van der Waals surface area contributed by atoms with E-state index in [1.807, 2.05) is 0 Å². The topological polar surface area (TPSA) is 64.5 Å². The van der Waals surface area contributed by atoms with Crippen LogP contribution >= 0.6 is 11.6 Å². The largest absolute Gasteiger partial charge is 0.496 e. The molecule has 6 nitrogen and oxygen atoms in total. The third-order valence-electron chi connectivity index (χ3n) is 3.95. The first-order valence-electron chi connectivity index (χ1n) is 7.73. The van der Waals surface area contributed by atoms with Gasteiger partial charge in [0.25, 0.3) is 5.91 Å². The van der Waals surface area contributed by atoms with Crippen LogP contribution in [-0.2, 0) is 0 Å². The van der Waals surface area contributed by atoms with E-state index in [1.54, 1.807) is 48.8 Å². The van der Waals surface area contributed by atoms with Gasteiger partial charge >= 0.3 is 0 Å². The molecular weight excluding hydrogens is 330 g/mol. The summed E-state index contributed by atoms with van der Waals surface area (Å²) in [5, 5.41) is 0.514. The first kappa shape index (κ1) is 16.5. The Hall–Kier alpha value is -2.34. The number of nitrogens with zero attached hydrogens (tertiary/aromatic N) is 3. The highest BCUT2D eigenvalue weighted by Crippen LogP contribution is 2.26. The Balaban J connectivity index is 1.62. The van der Waals surface area contributed by atoms with E-state index in [-0.39, 0.29) is 12.0 Å². The maximum Gasteiger partial charge on any atom is 0.257 e. The summed E-state index contributed by atoms with van der Waals surface area (Å²) in [6, 6.07) is 5.06. The van der Waals surface area contributed by atoms with Crippen molar-refractivity contribution in [2.45, 2.75) is 18.9 Å². The Bertz CT molecular complexity index is 703. The Kier molecular flexibility index (Phi) is 5.15. The van der Waals surface area contributed by atoms with Gasteiger partial charge in [-0.1, -0.05) is 11.6 Å². The van der Waals surface area contributed by atoms with Crippen LogP contribution in [0.2, 0.25) is 5.02 Å². The summed E-state index contributed by atoms with van der Waals surface area (Å²) >= 11 is 6.01. The summed E-state index contributed by atoms with van der Waals surface area (Å²) in [6.07, 6.45) is 6.31. The van der Waals surface area contributed by atoms with Crippen LogP contribution < -0.4 is 9.47 Å². The van der Waals surface area contributed by atoms with E-state index in [1.165, 1.54) is 0 Å². The third-order valence-corrected chi connectivity index (χ3v) is 4.18. The molecule has 1 fully saturated rings. The van der Waals surface area contributed by atoms with E-state index in [0.717, 1.165) is 12.8 Å². The zero-order valence-electron chi connectivity index (χ0n) is 13.3. The molecule has 1 aromatic heterocycles. The molecule has 0 atom stereocenters. The van der Waals surface area contributed by atoms with E-state index in [2.05, 4.69) is 9.97 Å². The van der Waals surface area contributed by atoms with Crippen molar-refractivity contribution in [3.8, 4) is 11.6 Å². The molecule has 1 aromatic carbocycles. The normalized spacial score (nSPS) is 15.2. The monoisotopic (exact) mass is 347 g/mol. The number of benzene rings is 1. The number of ether oxygens (including phenoxy) is 2. The number of methoxy groups -OCH3 is 1. The van der Waals surface area contributed by atoms with Crippen LogP contribution in [0.3, 0.4) is 0 Å². The summed E-state index contributed by atoms with van der Waals surface area (Å²) < 4.78 is 11.1. The van der Waals surface area contributed by atoms with Crippen LogP contribution in [-0.4, -0.2) is 47.1 Å². The zero-order valence-corrected chi connectivity index (χ0v) is 14.1. The number of likely N-dealkylation sites (tertiary alicyclic amines) is 1. The summed E-state index contributed by atoms with van der Waals surface area (Å²) in [5.74, 6) is 0.966. The minimum Gasteiger partial charge on any atom is -0.496 e. The molecule has 7 heteroatoms. The molecule has 0 unspecified atom stereocenters. The van der Waals surface area contributed by atoms with Gasteiger partial charge in [0.2, 0.25) is 5.88 Å². The maximum atomic E-state index is 12.7. The maximum absolute atomic E-state index is 12.7. The smallest absolute Gasteiger partial charge is 0.257 e. The summed E-state index contributed by atoms with van der Waals surface area (Å²) in [4.78, 5) is 22.6. The standard InChI is InChI=1S/C17H18ClN3O3/c1-23-15-3-2-12(18)10-14(15)17(22)21-8-4-13(5-9-21)24-16-11-19-6-7-20-16/h2-3,6-7,10-11,13H,4-5,8-9H2,1H3. The van der Waals surface area contributed by atoms with E-state index < -0.39 is 0 Å². The van der Waals surface area contributed by atoms with Gasteiger partial charge in [0.05, 0.1) is 18.9 Å². The van der Waals surface area contributed by atoms with Crippen molar-refractivity contribution in [3.63, 3.8) is 0 Å². The minimum absolute atomic E-state index is 0.0343. The van der Waals surface area contributed by atoms with Gasteiger partial charge in [0.15, 0.2) is 0 Å². The van der Waals surface area contributed by atoms with Crippen LogP contribution in [0.15, 0.2) is 36.8 Å². The molecule has 0 radical (unpaired) electrons. The van der Waals surface area contributed by atoms with Gasteiger partial charge in [-0.25, -0.2) is 4.98 Å².